The Balaban J connectivity index is 1.34. The van der Waals surface area contributed by atoms with Gasteiger partial charge in [0.2, 0.25) is 11.8 Å². The van der Waals surface area contributed by atoms with E-state index in [9.17, 15) is 9.59 Å². The Morgan fingerprint density at radius 1 is 1.18 bits per heavy atom. The van der Waals surface area contributed by atoms with Crippen LogP contribution in [-0.4, -0.2) is 31.5 Å². The normalized spacial score (nSPS) is 21.2. The lowest BCUT2D eigenvalue weighted by Crippen LogP contribution is -2.40. The van der Waals surface area contributed by atoms with Crippen LogP contribution in [0.5, 0.6) is 5.75 Å². The summed E-state index contributed by atoms with van der Waals surface area (Å²) in [4.78, 5) is 27.2. The summed E-state index contributed by atoms with van der Waals surface area (Å²) in [5, 5.41) is 2.98. The van der Waals surface area contributed by atoms with E-state index in [1.807, 2.05) is 43.3 Å². The van der Waals surface area contributed by atoms with Crippen LogP contribution >= 0.6 is 0 Å². The van der Waals surface area contributed by atoms with Crippen molar-refractivity contribution in [3.05, 3.63) is 59.2 Å². The minimum atomic E-state index is -0.599. The monoisotopic (exact) mass is 378 g/mol. The number of carbonyl (C=O) groups excluding carboxylic acids is 2. The number of anilines is 1. The number of nitrogens with zero attached hydrogens (tertiary/aromatic N) is 1. The molecule has 2 atom stereocenters. The number of carbonyl (C=O) groups is 2. The Bertz CT molecular complexity index is 908. The Kier molecular flexibility index (Phi) is 5.07. The molecule has 1 saturated heterocycles. The van der Waals surface area contributed by atoms with Gasteiger partial charge < -0.3 is 15.0 Å². The second kappa shape index (κ2) is 7.66. The van der Waals surface area contributed by atoms with Gasteiger partial charge in [-0.1, -0.05) is 24.3 Å². The van der Waals surface area contributed by atoms with E-state index in [-0.39, 0.29) is 17.7 Å². The first-order valence-electron chi connectivity index (χ1n) is 9.90. The molecule has 28 heavy (non-hydrogen) atoms. The number of amides is 2. The van der Waals surface area contributed by atoms with Gasteiger partial charge in [-0.15, -0.1) is 0 Å². The smallest absolute Gasteiger partial charge is 0.239 e. The number of hydrogen-bond acceptors (Lipinski definition) is 3. The van der Waals surface area contributed by atoms with Crippen molar-refractivity contribution in [2.75, 3.05) is 24.6 Å². The van der Waals surface area contributed by atoms with Crippen molar-refractivity contribution in [3.8, 4) is 5.75 Å². The maximum absolute atomic E-state index is 12.8. The van der Waals surface area contributed by atoms with Gasteiger partial charge in [-0.2, -0.15) is 0 Å². The highest BCUT2D eigenvalue weighted by atomic mass is 16.5. The maximum Gasteiger partial charge on any atom is 0.239 e. The third-order valence-corrected chi connectivity index (χ3v) is 5.84. The van der Waals surface area contributed by atoms with E-state index in [0.29, 0.717) is 26.1 Å². The molecular formula is C23H26N2O3. The summed E-state index contributed by atoms with van der Waals surface area (Å²) in [5.41, 5.74) is 4.39. The zero-order valence-electron chi connectivity index (χ0n) is 16.4. The number of hydrogen-bond donors (Lipinski definition) is 1. The van der Waals surface area contributed by atoms with Gasteiger partial charge in [-0.3, -0.25) is 9.59 Å². The molecule has 2 aliphatic heterocycles. The van der Waals surface area contributed by atoms with E-state index < -0.39 is 5.92 Å². The molecule has 0 bridgehead atoms. The average molecular weight is 378 g/mol. The number of rotatable bonds is 4. The fourth-order valence-corrected chi connectivity index (χ4v) is 3.96. The van der Waals surface area contributed by atoms with Crippen LogP contribution in [-0.2, 0) is 16.0 Å². The molecule has 2 heterocycles. The molecule has 2 unspecified atom stereocenters. The van der Waals surface area contributed by atoms with Gasteiger partial charge in [0.1, 0.15) is 11.7 Å². The molecule has 0 aromatic heterocycles. The third kappa shape index (κ3) is 3.61. The van der Waals surface area contributed by atoms with Crippen molar-refractivity contribution in [2.45, 2.75) is 26.7 Å². The Labute approximate surface area is 165 Å². The Hall–Kier alpha value is -2.82. The Morgan fingerprint density at radius 3 is 2.82 bits per heavy atom. The summed E-state index contributed by atoms with van der Waals surface area (Å²) in [7, 11) is 0. The van der Waals surface area contributed by atoms with Crippen LogP contribution in [0.3, 0.4) is 0 Å². The molecule has 2 aromatic carbocycles. The lowest BCUT2D eigenvalue weighted by Gasteiger charge is -2.25. The van der Waals surface area contributed by atoms with Crippen LogP contribution in [0.25, 0.3) is 0 Å². The number of para-hydroxylation sites is 1. The largest absolute Gasteiger partial charge is 0.493 e. The van der Waals surface area contributed by atoms with E-state index >= 15 is 0 Å². The van der Waals surface area contributed by atoms with Crippen molar-refractivity contribution in [1.29, 1.82) is 0 Å². The molecule has 1 N–H and O–H groups in total. The second-order valence-corrected chi connectivity index (χ2v) is 7.83. The quantitative estimate of drug-likeness (QED) is 0.832. The molecule has 5 heteroatoms. The van der Waals surface area contributed by atoms with E-state index in [1.54, 1.807) is 4.90 Å². The van der Waals surface area contributed by atoms with Crippen molar-refractivity contribution in [1.82, 2.24) is 5.32 Å². The van der Waals surface area contributed by atoms with Gasteiger partial charge in [0.25, 0.3) is 0 Å². The molecule has 5 nitrogen and oxygen atoms in total. The summed E-state index contributed by atoms with van der Waals surface area (Å²) in [6.07, 6.45) is 1.44. The Morgan fingerprint density at radius 2 is 2.00 bits per heavy atom. The zero-order chi connectivity index (χ0) is 19.7. The van der Waals surface area contributed by atoms with Crippen molar-refractivity contribution in [3.63, 3.8) is 0 Å². The lowest BCUT2D eigenvalue weighted by atomic mass is 9.96. The van der Waals surface area contributed by atoms with E-state index in [4.69, 9.17) is 4.74 Å². The van der Waals surface area contributed by atoms with Crippen LogP contribution < -0.4 is 15.0 Å². The van der Waals surface area contributed by atoms with E-state index in [2.05, 4.69) is 18.3 Å². The molecule has 0 aliphatic carbocycles. The molecule has 2 aromatic rings. The molecule has 2 amide bonds. The first-order valence-corrected chi connectivity index (χ1v) is 9.90. The van der Waals surface area contributed by atoms with Crippen molar-refractivity contribution < 1.29 is 14.3 Å². The third-order valence-electron chi connectivity index (χ3n) is 5.84. The minimum absolute atomic E-state index is 0.106. The van der Waals surface area contributed by atoms with Gasteiger partial charge in [-0.05, 0) is 61.6 Å². The number of ether oxygens (including phenoxy) is 1. The molecule has 146 valence electrons. The van der Waals surface area contributed by atoms with Gasteiger partial charge in [0, 0.05) is 24.7 Å². The average Bonchev–Trinajstić information content (AvgIpc) is 3.09. The first-order chi connectivity index (χ1) is 13.5. The fourth-order valence-electron chi connectivity index (χ4n) is 3.96. The highest BCUT2D eigenvalue weighted by Crippen LogP contribution is 2.28. The summed E-state index contributed by atoms with van der Waals surface area (Å²) in [5.74, 6) is 0.283. The minimum Gasteiger partial charge on any atom is -0.493 e. The number of nitrogens with one attached hydrogen (secondary N) is 1. The summed E-state index contributed by atoms with van der Waals surface area (Å²) in [6, 6.07) is 14.0. The number of aryl methyl sites for hydroxylation is 2. The van der Waals surface area contributed by atoms with Crippen molar-refractivity contribution >= 4 is 17.5 Å². The predicted molar refractivity (Wildman–Crippen MR) is 109 cm³/mol. The summed E-state index contributed by atoms with van der Waals surface area (Å²) >= 11 is 0. The summed E-state index contributed by atoms with van der Waals surface area (Å²) in [6.45, 7) is 5.78. The topological polar surface area (TPSA) is 58.6 Å². The second-order valence-electron chi connectivity index (χ2n) is 7.83. The van der Waals surface area contributed by atoms with Crippen molar-refractivity contribution in [2.24, 2.45) is 11.8 Å². The van der Waals surface area contributed by atoms with Crippen LogP contribution in [0.2, 0.25) is 0 Å². The fraction of sp³-hybridized carbons (Fsp3) is 0.391. The molecule has 1 fully saturated rings. The number of benzene rings is 2. The number of fused-ring (bicyclic) bond motifs is 1. The highest BCUT2D eigenvalue weighted by molar-refractivity contribution is 6.09. The maximum atomic E-state index is 12.8. The molecular weight excluding hydrogens is 352 g/mol. The van der Waals surface area contributed by atoms with Crippen LogP contribution in [0, 0.1) is 25.7 Å². The predicted octanol–water partition coefficient (Wildman–Crippen LogP) is 3.02. The zero-order valence-corrected chi connectivity index (χ0v) is 16.4. The van der Waals surface area contributed by atoms with Gasteiger partial charge >= 0.3 is 0 Å². The van der Waals surface area contributed by atoms with Gasteiger partial charge in [0.05, 0.1) is 6.61 Å². The van der Waals surface area contributed by atoms with Gasteiger partial charge in [-0.25, -0.2) is 0 Å². The van der Waals surface area contributed by atoms with Gasteiger partial charge in [0.15, 0.2) is 0 Å². The van der Waals surface area contributed by atoms with Crippen LogP contribution in [0.4, 0.5) is 5.69 Å². The lowest BCUT2D eigenvalue weighted by molar-refractivity contribution is -0.132. The SMILES string of the molecule is Cc1ccc(N2CCC(C(=O)NCC3COc4ccccc4C3)C2=O)cc1C. The van der Waals surface area contributed by atoms with Crippen LogP contribution in [0.15, 0.2) is 42.5 Å². The van der Waals surface area contributed by atoms with E-state index in [1.165, 1.54) is 11.1 Å². The molecule has 2 aliphatic rings. The standard InChI is InChI=1S/C23H26N2O3/c1-15-7-8-19(11-16(15)2)25-10-9-20(23(25)27)22(26)24-13-17-12-18-5-3-4-6-21(18)28-14-17/h3-8,11,17,20H,9-10,12-14H2,1-2H3,(H,24,26). The molecule has 0 radical (unpaired) electrons. The summed E-state index contributed by atoms with van der Waals surface area (Å²) < 4.78 is 5.78. The first kappa shape index (κ1) is 18.5. The molecule has 4 rings (SSSR count). The van der Waals surface area contributed by atoms with E-state index in [0.717, 1.165) is 23.4 Å². The highest BCUT2D eigenvalue weighted by Gasteiger charge is 2.37. The molecule has 0 spiro atoms. The molecule has 0 saturated carbocycles. The van der Waals surface area contributed by atoms with Crippen LogP contribution in [0.1, 0.15) is 23.1 Å².